The van der Waals surface area contributed by atoms with Crippen molar-refractivity contribution in [1.29, 1.82) is 0 Å². The van der Waals surface area contributed by atoms with Gasteiger partial charge in [0.1, 0.15) is 6.04 Å². The van der Waals surface area contributed by atoms with E-state index in [9.17, 15) is 9.59 Å². The molecule has 184 valence electrons. The summed E-state index contributed by atoms with van der Waals surface area (Å²) in [6, 6.07) is 8.70. The average molecular weight is 487 g/mol. The van der Waals surface area contributed by atoms with Crippen LogP contribution in [0.25, 0.3) is 0 Å². The van der Waals surface area contributed by atoms with Crippen LogP contribution in [0.2, 0.25) is 0 Å². The Morgan fingerprint density at radius 3 is 2.56 bits per heavy atom. The maximum Gasteiger partial charge on any atom is 0.247 e. The van der Waals surface area contributed by atoms with Crippen LogP contribution in [-0.4, -0.2) is 56.2 Å². The number of carbonyl (C=O) groups excluding carboxylic acids is 2. The quantitative estimate of drug-likeness (QED) is 0.547. The van der Waals surface area contributed by atoms with Crippen LogP contribution < -0.4 is 14.8 Å². The maximum atomic E-state index is 13.8. The van der Waals surface area contributed by atoms with Crippen molar-refractivity contribution in [3.8, 4) is 11.5 Å². The number of nitrogens with zero attached hydrogens (tertiary/aromatic N) is 1. The third-order valence-electron chi connectivity index (χ3n) is 6.64. The number of carbonyl (C=O) groups is 2. The molecule has 8 heteroatoms. The standard InChI is InChI=1S/C26H34N2O5S/c1-31-22-12-11-18(15-23(22)32-2)25(26(30)27-19-7-3-4-8-19)28(17-20-9-5-13-33-20)24(29)16-21-10-6-14-34-21/h6,10-12,14-15,19-20,25H,3-5,7-9,13,16-17H2,1-2H3,(H,27,30)/t20-,25+/m1/s1. The molecule has 2 aromatic rings. The van der Waals surface area contributed by atoms with Gasteiger partial charge in [0.05, 0.1) is 26.7 Å². The predicted octanol–water partition coefficient (Wildman–Crippen LogP) is 4.12. The molecule has 2 fully saturated rings. The number of methoxy groups -OCH3 is 2. The molecule has 7 nitrogen and oxygen atoms in total. The minimum absolute atomic E-state index is 0.0748. The Kier molecular flexibility index (Phi) is 8.45. The van der Waals surface area contributed by atoms with Crippen LogP contribution >= 0.6 is 11.3 Å². The summed E-state index contributed by atoms with van der Waals surface area (Å²) in [6.07, 6.45) is 6.20. The van der Waals surface area contributed by atoms with Gasteiger partial charge in [-0.2, -0.15) is 0 Å². The average Bonchev–Trinajstić information content (AvgIpc) is 3.63. The van der Waals surface area contributed by atoms with Gasteiger partial charge in [0.2, 0.25) is 11.8 Å². The van der Waals surface area contributed by atoms with Crippen LogP contribution in [0.4, 0.5) is 0 Å². The zero-order valence-electron chi connectivity index (χ0n) is 20.0. The number of nitrogens with one attached hydrogen (secondary N) is 1. The van der Waals surface area contributed by atoms with Gasteiger partial charge in [0.25, 0.3) is 0 Å². The summed E-state index contributed by atoms with van der Waals surface area (Å²) in [5.74, 6) is 0.870. The van der Waals surface area contributed by atoms with E-state index in [1.165, 1.54) is 0 Å². The second kappa shape index (κ2) is 11.7. The normalized spacial score (nSPS) is 19.1. The van der Waals surface area contributed by atoms with Crippen molar-refractivity contribution in [1.82, 2.24) is 10.2 Å². The fourth-order valence-corrected chi connectivity index (χ4v) is 5.56. The van der Waals surface area contributed by atoms with E-state index in [0.29, 0.717) is 30.2 Å². The van der Waals surface area contributed by atoms with Crippen molar-refractivity contribution in [3.63, 3.8) is 0 Å². The molecule has 0 radical (unpaired) electrons. The number of hydrogen-bond donors (Lipinski definition) is 1. The largest absolute Gasteiger partial charge is 0.493 e. The molecule has 1 N–H and O–H groups in total. The second-order valence-electron chi connectivity index (χ2n) is 8.94. The van der Waals surface area contributed by atoms with Gasteiger partial charge < -0.3 is 24.4 Å². The molecule has 1 aliphatic carbocycles. The van der Waals surface area contributed by atoms with Crippen molar-refractivity contribution in [3.05, 3.63) is 46.2 Å². The van der Waals surface area contributed by atoms with Gasteiger partial charge >= 0.3 is 0 Å². The Hall–Kier alpha value is -2.58. The van der Waals surface area contributed by atoms with Gasteiger partial charge in [-0.05, 0) is 54.8 Å². The van der Waals surface area contributed by atoms with Gasteiger partial charge in [-0.3, -0.25) is 9.59 Å². The summed E-state index contributed by atoms with van der Waals surface area (Å²) < 4.78 is 16.8. The summed E-state index contributed by atoms with van der Waals surface area (Å²) in [4.78, 5) is 30.1. The van der Waals surface area contributed by atoms with E-state index in [0.717, 1.165) is 43.4 Å². The number of ether oxygens (including phenoxy) is 3. The summed E-state index contributed by atoms with van der Waals surface area (Å²) in [5, 5.41) is 5.18. The highest BCUT2D eigenvalue weighted by Crippen LogP contribution is 2.34. The first-order chi connectivity index (χ1) is 16.6. The van der Waals surface area contributed by atoms with E-state index >= 15 is 0 Å². The van der Waals surface area contributed by atoms with Crippen LogP contribution in [-0.2, 0) is 20.7 Å². The number of thiophene rings is 1. The molecule has 1 saturated heterocycles. The maximum absolute atomic E-state index is 13.8. The predicted molar refractivity (Wildman–Crippen MR) is 131 cm³/mol. The van der Waals surface area contributed by atoms with Crippen LogP contribution in [0, 0.1) is 0 Å². The fourth-order valence-electron chi connectivity index (χ4n) is 4.87. The lowest BCUT2D eigenvalue weighted by Crippen LogP contribution is -2.48. The SMILES string of the molecule is COc1ccc([C@@H](C(=O)NC2CCCC2)N(C[C@H]2CCCO2)C(=O)Cc2cccs2)cc1OC. The molecule has 0 unspecified atom stereocenters. The Labute approximate surface area is 205 Å². The molecule has 2 aliphatic rings. The number of benzene rings is 1. The van der Waals surface area contributed by atoms with Gasteiger partial charge in [-0.1, -0.05) is 25.0 Å². The van der Waals surface area contributed by atoms with E-state index in [-0.39, 0.29) is 30.4 Å². The highest BCUT2D eigenvalue weighted by Gasteiger charge is 2.36. The Bertz CT molecular complexity index is 952. The topological polar surface area (TPSA) is 77.1 Å². The molecule has 2 amide bonds. The molecular formula is C26H34N2O5S. The minimum atomic E-state index is -0.780. The molecule has 1 saturated carbocycles. The van der Waals surface area contributed by atoms with Crippen molar-refractivity contribution in [2.24, 2.45) is 0 Å². The molecule has 2 atom stereocenters. The summed E-state index contributed by atoms with van der Waals surface area (Å²) in [6.45, 7) is 1.06. The highest BCUT2D eigenvalue weighted by molar-refractivity contribution is 7.10. The van der Waals surface area contributed by atoms with Crippen molar-refractivity contribution in [2.45, 2.75) is 63.1 Å². The first kappa shape index (κ1) is 24.5. The van der Waals surface area contributed by atoms with Crippen LogP contribution in [0.3, 0.4) is 0 Å². The summed E-state index contributed by atoms with van der Waals surface area (Å²) in [5.41, 5.74) is 0.700. The monoisotopic (exact) mass is 486 g/mol. The van der Waals surface area contributed by atoms with Crippen molar-refractivity contribution >= 4 is 23.2 Å². The molecule has 0 bridgehead atoms. The molecule has 1 aromatic heterocycles. The fraction of sp³-hybridized carbons (Fsp3) is 0.538. The van der Waals surface area contributed by atoms with Crippen molar-refractivity contribution < 1.29 is 23.8 Å². The Morgan fingerprint density at radius 2 is 1.91 bits per heavy atom. The Morgan fingerprint density at radius 1 is 1.12 bits per heavy atom. The molecule has 1 aromatic carbocycles. The van der Waals surface area contributed by atoms with E-state index in [4.69, 9.17) is 14.2 Å². The molecule has 0 spiro atoms. The first-order valence-corrected chi connectivity index (χ1v) is 12.9. The molecule has 34 heavy (non-hydrogen) atoms. The number of amides is 2. The van der Waals surface area contributed by atoms with Crippen LogP contribution in [0.1, 0.15) is 55.0 Å². The number of hydrogen-bond acceptors (Lipinski definition) is 6. The zero-order valence-corrected chi connectivity index (χ0v) is 20.8. The van der Waals surface area contributed by atoms with Crippen molar-refractivity contribution in [2.75, 3.05) is 27.4 Å². The van der Waals surface area contributed by atoms with E-state index in [1.807, 2.05) is 23.6 Å². The number of rotatable bonds is 10. The molecule has 1 aliphatic heterocycles. The third kappa shape index (κ3) is 5.91. The lowest BCUT2D eigenvalue weighted by Gasteiger charge is -2.34. The Balaban J connectivity index is 1.69. The summed E-state index contributed by atoms with van der Waals surface area (Å²) >= 11 is 1.55. The summed E-state index contributed by atoms with van der Waals surface area (Å²) in [7, 11) is 3.15. The van der Waals surface area contributed by atoms with Crippen LogP contribution in [0.15, 0.2) is 35.7 Å². The third-order valence-corrected chi connectivity index (χ3v) is 7.51. The first-order valence-electron chi connectivity index (χ1n) is 12.0. The van der Waals surface area contributed by atoms with Gasteiger partial charge in [-0.25, -0.2) is 0 Å². The molecule has 2 heterocycles. The highest BCUT2D eigenvalue weighted by atomic mass is 32.1. The molecule has 4 rings (SSSR count). The second-order valence-corrected chi connectivity index (χ2v) is 9.98. The van der Waals surface area contributed by atoms with E-state index < -0.39 is 6.04 Å². The molecular weight excluding hydrogens is 452 g/mol. The zero-order chi connectivity index (χ0) is 23.9. The van der Waals surface area contributed by atoms with E-state index in [2.05, 4.69) is 5.32 Å². The van der Waals surface area contributed by atoms with Gasteiger partial charge in [0, 0.05) is 24.1 Å². The smallest absolute Gasteiger partial charge is 0.247 e. The van der Waals surface area contributed by atoms with E-state index in [1.54, 1.807) is 42.6 Å². The lowest BCUT2D eigenvalue weighted by atomic mass is 10.0. The van der Waals surface area contributed by atoms with Crippen LogP contribution in [0.5, 0.6) is 11.5 Å². The lowest BCUT2D eigenvalue weighted by molar-refractivity contribution is -0.142. The minimum Gasteiger partial charge on any atom is -0.493 e. The van der Waals surface area contributed by atoms with Gasteiger partial charge in [-0.15, -0.1) is 11.3 Å². The van der Waals surface area contributed by atoms with Gasteiger partial charge in [0.15, 0.2) is 11.5 Å².